The molecule has 2 aromatic carbocycles. The number of nitrogens with zero attached hydrogens (tertiary/aromatic N) is 4. The van der Waals surface area contributed by atoms with Crippen LogP contribution in [0.4, 0.5) is 5.13 Å². The molecule has 4 aromatic rings. The van der Waals surface area contributed by atoms with Gasteiger partial charge in [-0.2, -0.15) is 0 Å². The minimum Gasteiger partial charge on any atom is -0.301 e. The number of carbonyl (C=O) groups excluding carboxylic acids is 1. The standard InChI is InChI=1S/C22H17Cl2N5OS2/c1-2-11-29-20(15-5-9-17(24)10-6-15)27-28-22(29)32-13-19(30)26-21-25-18(12-31-21)14-3-7-16(23)8-4-14/h2-10,12H,1,11,13H2,(H,25,26,30). The average molecular weight is 502 g/mol. The third-order valence-corrected chi connectivity index (χ3v) is 6.58. The van der Waals surface area contributed by atoms with Gasteiger partial charge in [-0.05, 0) is 36.4 Å². The van der Waals surface area contributed by atoms with Crippen LogP contribution in [0.25, 0.3) is 22.6 Å². The minimum atomic E-state index is -0.173. The van der Waals surface area contributed by atoms with Gasteiger partial charge in [0.2, 0.25) is 5.91 Å². The van der Waals surface area contributed by atoms with Gasteiger partial charge in [-0.3, -0.25) is 9.36 Å². The molecule has 0 aliphatic carbocycles. The number of nitrogens with one attached hydrogen (secondary N) is 1. The van der Waals surface area contributed by atoms with Crippen molar-refractivity contribution in [3.63, 3.8) is 0 Å². The molecule has 0 spiro atoms. The first kappa shape index (κ1) is 22.5. The number of hydrogen-bond acceptors (Lipinski definition) is 6. The van der Waals surface area contributed by atoms with Gasteiger partial charge in [0, 0.05) is 33.1 Å². The van der Waals surface area contributed by atoms with Gasteiger partial charge in [0.05, 0.1) is 11.4 Å². The lowest BCUT2D eigenvalue weighted by molar-refractivity contribution is -0.113. The van der Waals surface area contributed by atoms with Crippen LogP contribution >= 0.6 is 46.3 Å². The summed E-state index contributed by atoms with van der Waals surface area (Å²) in [7, 11) is 0. The lowest BCUT2D eigenvalue weighted by atomic mass is 10.2. The molecule has 6 nitrogen and oxygen atoms in total. The molecule has 0 unspecified atom stereocenters. The molecule has 162 valence electrons. The second-order valence-corrected chi connectivity index (χ2v) is 9.27. The molecule has 0 aliphatic heterocycles. The summed E-state index contributed by atoms with van der Waals surface area (Å²) in [6, 6.07) is 14.8. The van der Waals surface area contributed by atoms with Crippen LogP contribution in [0.2, 0.25) is 10.0 Å². The van der Waals surface area contributed by atoms with E-state index in [0.29, 0.717) is 32.7 Å². The smallest absolute Gasteiger partial charge is 0.236 e. The fourth-order valence-corrected chi connectivity index (χ4v) is 4.61. The number of halogens is 2. The largest absolute Gasteiger partial charge is 0.301 e. The fraction of sp³-hybridized carbons (Fsp3) is 0.0909. The fourth-order valence-electron chi connectivity index (χ4n) is 2.87. The molecule has 32 heavy (non-hydrogen) atoms. The van der Waals surface area contributed by atoms with Gasteiger partial charge in [-0.15, -0.1) is 28.1 Å². The van der Waals surface area contributed by atoms with Crippen molar-refractivity contribution in [2.75, 3.05) is 11.1 Å². The third-order valence-electron chi connectivity index (χ3n) is 4.35. The third kappa shape index (κ3) is 5.39. The van der Waals surface area contributed by atoms with Crippen LogP contribution in [0.1, 0.15) is 0 Å². The highest BCUT2D eigenvalue weighted by molar-refractivity contribution is 7.99. The number of benzene rings is 2. The van der Waals surface area contributed by atoms with E-state index in [1.807, 2.05) is 46.3 Å². The number of carbonyl (C=O) groups is 1. The highest BCUT2D eigenvalue weighted by Crippen LogP contribution is 2.27. The topological polar surface area (TPSA) is 72.7 Å². The molecule has 0 fully saturated rings. The highest BCUT2D eigenvalue weighted by Gasteiger charge is 2.16. The van der Waals surface area contributed by atoms with Gasteiger partial charge >= 0.3 is 0 Å². The van der Waals surface area contributed by atoms with Crippen molar-refractivity contribution in [3.8, 4) is 22.6 Å². The van der Waals surface area contributed by atoms with Crippen molar-refractivity contribution < 1.29 is 4.79 Å². The van der Waals surface area contributed by atoms with E-state index in [-0.39, 0.29) is 11.7 Å². The summed E-state index contributed by atoms with van der Waals surface area (Å²) in [5, 5.41) is 15.8. The van der Waals surface area contributed by atoms with E-state index in [0.717, 1.165) is 16.8 Å². The van der Waals surface area contributed by atoms with Crippen LogP contribution in [0.5, 0.6) is 0 Å². The number of thioether (sulfide) groups is 1. The molecule has 1 N–H and O–H groups in total. The highest BCUT2D eigenvalue weighted by atomic mass is 35.5. The molecule has 4 rings (SSSR count). The summed E-state index contributed by atoms with van der Waals surface area (Å²) in [6.07, 6.45) is 1.76. The Kier molecular flexibility index (Phi) is 7.26. The number of aromatic nitrogens is 4. The SMILES string of the molecule is C=CCn1c(SCC(=O)Nc2nc(-c3ccc(Cl)cc3)cs2)nnc1-c1ccc(Cl)cc1. The maximum Gasteiger partial charge on any atom is 0.236 e. The van der Waals surface area contributed by atoms with Crippen LogP contribution in [0.15, 0.2) is 71.7 Å². The Labute approximate surface area is 203 Å². The van der Waals surface area contributed by atoms with E-state index in [1.165, 1.54) is 23.1 Å². The maximum absolute atomic E-state index is 12.5. The molecule has 0 saturated heterocycles. The van der Waals surface area contributed by atoms with Crippen molar-refractivity contribution >= 4 is 57.3 Å². The van der Waals surface area contributed by atoms with Crippen LogP contribution in [0.3, 0.4) is 0 Å². The van der Waals surface area contributed by atoms with Crippen LogP contribution in [-0.4, -0.2) is 31.4 Å². The number of hydrogen-bond donors (Lipinski definition) is 1. The summed E-state index contributed by atoms with van der Waals surface area (Å²) in [6.45, 7) is 4.33. The van der Waals surface area contributed by atoms with Crippen molar-refractivity contribution in [2.24, 2.45) is 0 Å². The van der Waals surface area contributed by atoms with E-state index in [1.54, 1.807) is 18.2 Å². The van der Waals surface area contributed by atoms with Gasteiger partial charge in [0.15, 0.2) is 16.1 Å². The molecule has 2 heterocycles. The zero-order chi connectivity index (χ0) is 22.5. The quantitative estimate of drug-likeness (QED) is 0.226. The first-order chi connectivity index (χ1) is 15.5. The zero-order valence-corrected chi connectivity index (χ0v) is 19.8. The van der Waals surface area contributed by atoms with Crippen LogP contribution in [-0.2, 0) is 11.3 Å². The molecule has 1 amide bonds. The van der Waals surface area contributed by atoms with Gasteiger partial charge in [0.25, 0.3) is 0 Å². The van der Waals surface area contributed by atoms with E-state index < -0.39 is 0 Å². The average Bonchev–Trinajstić information content (AvgIpc) is 3.41. The molecule has 0 saturated carbocycles. The number of amides is 1. The van der Waals surface area contributed by atoms with Crippen molar-refractivity contribution in [1.29, 1.82) is 0 Å². The van der Waals surface area contributed by atoms with E-state index in [4.69, 9.17) is 23.2 Å². The first-order valence-corrected chi connectivity index (χ1v) is 12.1. The Morgan fingerprint density at radius 1 is 1.06 bits per heavy atom. The van der Waals surface area contributed by atoms with Gasteiger partial charge in [0.1, 0.15) is 0 Å². The van der Waals surface area contributed by atoms with Crippen LogP contribution < -0.4 is 5.32 Å². The molecule has 0 atom stereocenters. The van der Waals surface area contributed by atoms with Crippen molar-refractivity contribution in [1.82, 2.24) is 19.7 Å². The van der Waals surface area contributed by atoms with Gasteiger partial charge in [-0.25, -0.2) is 4.98 Å². The molecule has 2 aromatic heterocycles. The number of rotatable bonds is 8. The summed E-state index contributed by atoms with van der Waals surface area (Å²) in [5.74, 6) is 0.691. The Morgan fingerprint density at radius 3 is 2.38 bits per heavy atom. The van der Waals surface area contributed by atoms with E-state index in [9.17, 15) is 4.79 Å². The summed E-state index contributed by atoms with van der Waals surface area (Å²) >= 11 is 14.6. The lowest BCUT2D eigenvalue weighted by Crippen LogP contribution is -2.14. The predicted molar refractivity (Wildman–Crippen MR) is 133 cm³/mol. The van der Waals surface area contributed by atoms with Gasteiger partial charge < -0.3 is 5.32 Å². The predicted octanol–water partition coefficient (Wildman–Crippen LogP) is 6.29. The zero-order valence-electron chi connectivity index (χ0n) is 16.7. The molecule has 10 heteroatoms. The lowest BCUT2D eigenvalue weighted by Gasteiger charge is -2.07. The van der Waals surface area contributed by atoms with Crippen LogP contribution in [0, 0.1) is 0 Å². The molecule has 0 radical (unpaired) electrons. The minimum absolute atomic E-state index is 0.172. The van der Waals surface area contributed by atoms with E-state index in [2.05, 4.69) is 27.1 Å². The first-order valence-electron chi connectivity index (χ1n) is 9.47. The second kappa shape index (κ2) is 10.3. The second-order valence-electron chi connectivity index (χ2n) is 6.59. The Balaban J connectivity index is 1.41. The summed E-state index contributed by atoms with van der Waals surface area (Å²) < 4.78 is 1.91. The maximum atomic E-state index is 12.5. The molecule has 0 aliphatic rings. The Morgan fingerprint density at radius 2 is 1.72 bits per heavy atom. The summed E-state index contributed by atoms with van der Waals surface area (Å²) in [5.41, 5.74) is 2.61. The normalized spacial score (nSPS) is 10.8. The van der Waals surface area contributed by atoms with Gasteiger partial charge in [-0.1, -0.05) is 53.2 Å². The Hall–Kier alpha value is -2.65. The monoisotopic (exact) mass is 501 g/mol. The molecular formula is C22H17Cl2N5OS2. The van der Waals surface area contributed by atoms with Crippen molar-refractivity contribution in [2.45, 2.75) is 11.7 Å². The number of anilines is 1. The van der Waals surface area contributed by atoms with E-state index >= 15 is 0 Å². The molecule has 0 bridgehead atoms. The number of thiazole rings is 1. The number of allylic oxidation sites excluding steroid dienone is 1. The Bertz CT molecular complexity index is 1240. The summed E-state index contributed by atoms with van der Waals surface area (Å²) in [4.78, 5) is 17.0. The van der Waals surface area contributed by atoms with Crippen molar-refractivity contribution in [3.05, 3.63) is 76.6 Å². The molecular weight excluding hydrogens is 485 g/mol.